The van der Waals surface area contributed by atoms with Gasteiger partial charge in [-0.15, -0.1) is 35.4 Å². The van der Waals surface area contributed by atoms with Gasteiger partial charge in [-0.25, -0.2) is 9.78 Å². The fourth-order valence-electron chi connectivity index (χ4n) is 4.44. The average molecular weight is 584 g/mol. The molecular weight excluding hydrogens is 565 g/mol. The molecule has 0 saturated heterocycles. The number of hydrogen-bond acceptors (Lipinski definition) is 3. The second kappa shape index (κ2) is 7.84. The Morgan fingerprint density at radius 1 is 1.03 bits per heavy atom. The molecule has 0 fully saturated rings. The number of benzene rings is 2. The number of pyridine rings is 2. The van der Waals surface area contributed by atoms with Gasteiger partial charge in [0.25, 0.3) is 0 Å². The Morgan fingerprint density at radius 3 is 2.58 bits per heavy atom. The van der Waals surface area contributed by atoms with Crippen molar-refractivity contribution in [1.29, 1.82) is 0 Å². The predicted molar refractivity (Wildman–Crippen MR) is 118 cm³/mol. The van der Waals surface area contributed by atoms with Gasteiger partial charge in [-0.2, -0.15) is 0 Å². The fraction of sp³-hybridized carbons (Fsp3) is 0.115. The summed E-state index contributed by atoms with van der Waals surface area (Å²) in [4.78, 5) is 18.7. The van der Waals surface area contributed by atoms with E-state index in [-0.39, 0.29) is 31.2 Å². The van der Waals surface area contributed by atoms with E-state index in [1.165, 1.54) is 45.5 Å². The van der Waals surface area contributed by atoms with E-state index in [2.05, 4.69) is 67.4 Å². The summed E-state index contributed by atoms with van der Waals surface area (Å²) >= 11 is 0. The van der Waals surface area contributed by atoms with Crippen LogP contribution in [0.25, 0.3) is 34.3 Å². The van der Waals surface area contributed by atoms with Crippen LogP contribution in [0, 0.1) is 6.07 Å². The van der Waals surface area contributed by atoms with Crippen LogP contribution >= 0.6 is 0 Å². The first-order valence-corrected chi connectivity index (χ1v) is 9.79. The van der Waals surface area contributed by atoms with Crippen LogP contribution in [0.5, 0.6) is 0 Å². The molecule has 0 saturated carbocycles. The molecule has 2 heterocycles. The van der Waals surface area contributed by atoms with E-state index in [1.807, 2.05) is 6.07 Å². The second-order valence-electron chi connectivity index (χ2n) is 7.93. The molecule has 2 aromatic carbocycles. The minimum absolute atomic E-state index is 0. The maximum Gasteiger partial charge on any atom is 0.354 e. The molecule has 4 nitrogen and oxygen atoms in total. The van der Waals surface area contributed by atoms with E-state index in [0.29, 0.717) is 0 Å². The predicted octanol–water partition coefficient (Wildman–Crippen LogP) is 5.60. The van der Waals surface area contributed by atoms with E-state index in [9.17, 15) is 4.79 Å². The Kier molecular flexibility index (Phi) is 5.34. The van der Waals surface area contributed by atoms with Crippen LogP contribution in [0.4, 0.5) is 0 Å². The molecule has 6 rings (SSSR count). The Hall–Kier alpha value is -3.14. The van der Waals surface area contributed by atoms with Gasteiger partial charge in [0.15, 0.2) is 0 Å². The maximum absolute atomic E-state index is 10.1. The van der Waals surface area contributed by atoms with Crippen molar-refractivity contribution in [3.63, 3.8) is 0 Å². The number of carboxylic acid groups (broad SMARTS) is 1. The summed E-state index contributed by atoms with van der Waals surface area (Å²) in [5.41, 5.74) is 8.76. The third kappa shape index (κ3) is 3.31. The second-order valence-corrected chi connectivity index (χ2v) is 7.93. The van der Waals surface area contributed by atoms with Gasteiger partial charge in [0.2, 0.25) is 0 Å². The number of carboxylic acids is 1. The zero-order valence-corrected chi connectivity index (χ0v) is 19.4. The number of rotatable bonds is 1. The minimum atomic E-state index is -0.990. The van der Waals surface area contributed by atoms with Gasteiger partial charge < -0.3 is 5.11 Å². The summed E-state index contributed by atoms with van der Waals surface area (Å²) in [6.45, 7) is 4.59. The van der Waals surface area contributed by atoms with Gasteiger partial charge >= 0.3 is 5.97 Å². The summed E-state index contributed by atoms with van der Waals surface area (Å²) in [6.07, 6.45) is 5.91. The van der Waals surface area contributed by atoms with Crippen LogP contribution in [-0.2, 0) is 25.5 Å². The summed E-state index contributed by atoms with van der Waals surface area (Å²) in [6, 6.07) is 20.8. The molecule has 0 spiro atoms. The third-order valence-corrected chi connectivity index (χ3v) is 5.79. The topological polar surface area (TPSA) is 63.1 Å². The smallest absolute Gasteiger partial charge is 0.354 e. The summed E-state index contributed by atoms with van der Waals surface area (Å²) < 4.78 is 0. The molecule has 5 heteroatoms. The molecule has 1 radical (unpaired) electrons. The molecule has 4 aromatic rings. The van der Waals surface area contributed by atoms with Crippen molar-refractivity contribution in [2.75, 3.05) is 0 Å². The first-order valence-electron chi connectivity index (χ1n) is 9.79. The molecule has 31 heavy (non-hydrogen) atoms. The number of hydrogen-bond donors (Lipinski definition) is 1. The normalized spacial score (nSPS) is 13.6. The van der Waals surface area contributed by atoms with Crippen LogP contribution in [0.15, 0.2) is 60.8 Å². The summed E-state index contributed by atoms with van der Waals surface area (Å²) in [7, 11) is 0. The van der Waals surface area contributed by atoms with Gasteiger partial charge in [-0.1, -0.05) is 49.8 Å². The van der Waals surface area contributed by atoms with Crippen molar-refractivity contribution in [2.45, 2.75) is 19.3 Å². The quantitative estimate of drug-likeness (QED) is 0.261. The summed E-state index contributed by atoms with van der Waals surface area (Å²) in [5.74, 6) is -0.990. The Morgan fingerprint density at radius 2 is 1.87 bits per heavy atom. The number of nitrogens with zero attached hydrogens (tertiary/aromatic N) is 2. The van der Waals surface area contributed by atoms with Crippen LogP contribution in [0.3, 0.4) is 0 Å². The molecule has 0 atom stereocenters. The molecule has 0 bridgehead atoms. The zero-order valence-electron chi connectivity index (χ0n) is 17.0. The number of carbonyl (C=O) groups is 1. The molecule has 2 aliphatic carbocycles. The number of fused-ring (bicyclic) bond motifs is 4. The first-order chi connectivity index (χ1) is 14.5. The number of aromatic carboxylic acids is 1. The minimum Gasteiger partial charge on any atom is -0.477 e. The van der Waals surface area contributed by atoms with Crippen molar-refractivity contribution in [2.24, 2.45) is 0 Å². The van der Waals surface area contributed by atoms with E-state index in [1.54, 1.807) is 12.1 Å². The first kappa shape index (κ1) is 21.1. The molecule has 0 amide bonds. The van der Waals surface area contributed by atoms with E-state index >= 15 is 0 Å². The Bertz CT molecular complexity index is 1340. The van der Waals surface area contributed by atoms with Crippen LogP contribution in [0.1, 0.15) is 46.6 Å². The monoisotopic (exact) mass is 584 g/mol. The molecule has 1 N–H and O–H groups in total. The van der Waals surface area contributed by atoms with E-state index in [4.69, 9.17) is 10.1 Å². The zero-order chi connectivity index (χ0) is 20.9. The number of aromatic nitrogens is 2. The van der Waals surface area contributed by atoms with E-state index < -0.39 is 5.97 Å². The van der Waals surface area contributed by atoms with Crippen molar-refractivity contribution in [1.82, 2.24) is 9.97 Å². The molecular formula is C26H19IrN2O2-. The Labute approximate surface area is 194 Å². The maximum atomic E-state index is 10.1. The van der Waals surface area contributed by atoms with Crippen molar-refractivity contribution in [3.05, 3.63) is 94.8 Å². The molecule has 155 valence electrons. The molecule has 2 aromatic heterocycles. The van der Waals surface area contributed by atoms with Crippen molar-refractivity contribution >= 4 is 29.0 Å². The van der Waals surface area contributed by atoms with Crippen molar-refractivity contribution in [3.8, 4) is 11.3 Å². The fourth-order valence-corrected chi connectivity index (χ4v) is 4.44. The van der Waals surface area contributed by atoms with Gasteiger partial charge in [0, 0.05) is 31.7 Å². The van der Waals surface area contributed by atoms with E-state index in [0.717, 1.165) is 11.2 Å². The van der Waals surface area contributed by atoms with Gasteiger partial charge in [0.05, 0.1) is 5.52 Å². The van der Waals surface area contributed by atoms with Crippen molar-refractivity contribution < 1.29 is 30.0 Å². The molecule has 2 aliphatic rings. The van der Waals surface area contributed by atoms with Gasteiger partial charge in [-0.3, -0.25) is 4.98 Å². The standard InChI is InChI=1S/C20H14N.C6H5NO2.Ir/c1-20(2)15-8-4-3-7-13(15)19-18(20)14-11-10-12-6-5-9-16(21-19)17(12)14;8-6(9)5-3-1-2-4-7-5;/h3-6,8-11H,1-2H3;1-4H,(H,8,9);/q-1;;. The van der Waals surface area contributed by atoms with Gasteiger partial charge in [-0.05, 0) is 40.4 Å². The van der Waals surface area contributed by atoms with Crippen LogP contribution in [0.2, 0.25) is 0 Å². The molecule has 0 unspecified atom stereocenters. The Balaban J connectivity index is 0.000000198. The molecule has 0 aliphatic heterocycles. The largest absolute Gasteiger partial charge is 0.477 e. The van der Waals surface area contributed by atoms with Crippen LogP contribution in [-0.4, -0.2) is 21.0 Å². The summed E-state index contributed by atoms with van der Waals surface area (Å²) in [5, 5.41) is 9.63. The van der Waals surface area contributed by atoms with Crippen LogP contribution < -0.4 is 0 Å². The SMILES string of the molecule is CC1(C)c2ccc[c-]c2-c2nc3cccc4c3c(c21)C=C4.O=C(O)c1ccccn1.[Ir]. The average Bonchev–Trinajstić information content (AvgIpc) is 3.28. The van der Waals surface area contributed by atoms with Gasteiger partial charge in [0.1, 0.15) is 5.69 Å². The third-order valence-electron chi connectivity index (χ3n) is 5.79.